The second-order valence-electron chi connectivity index (χ2n) is 3.77. The third-order valence-corrected chi connectivity index (χ3v) is 2.60. The van der Waals surface area contributed by atoms with Gasteiger partial charge in [0, 0.05) is 0 Å². The molecule has 0 bridgehead atoms. The molecular weight excluding hydrogens is 310 g/mol. The Balaban J connectivity index is 0.00000180. The van der Waals surface area contributed by atoms with Crippen LogP contribution in [0.3, 0.4) is 0 Å². The summed E-state index contributed by atoms with van der Waals surface area (Å²) in [6.07, 6.45) is 0. The summed E-state index contributed by atoms with van der Waals surface area (Å²) in [4.78, 5) is 21.4. The minimum absolute atomic E-state index is 0. The van der Waals surface area contributed by atoms with Gasteiger partial charge >= 0.3 is 115 Å². The molecule has 0 fully saturated rings. The maximum atomic E-state index is 10.7. The van der Waals surface area contributed by atoms with E-state index in [2.05, 4.69) is 0 Å². The first kappa shape index (κ1) is 20.7. The molecule has 94 valence electrons. The van der Waals surface area contributed by atoms with E-state index in [4.69, 9.17) is 10.2 Å². The van der Waals surface area contributed by atoms with Crippen LogP contribution in [0.25, 0.3) is 11.1 Å². The van der Waals surface area contributed by atoms with Gasteiger partial charge in [0.15, 0.2) is 0 Å². The zero-order valence-corrected chi connectivity index (χ0v) is 9.33. The van der Waals surface area contributed by atoms with Gasteiger partial charge in [-0.25, -0.2) is 9.59 Å². The fourth-order valence-corrected chi connectivity index (χ4v) is 1.61. The number of carboxylic acids is 2. The van der Waals surface area contributed by atoms with E-state index >= 15 is 0 Å². The van der Waals surface area contributed by atoms with Gasteiger partial charge in [0.05, 0.1) is 11.1 Å². The first-order chi connectivity index (χ1) is 8.58. The maximum absolute atomic E-state index is 10.7. The van der Waals surface area contributed by atoms with E-state index in [0.717, 1.165) is 11.1 Å². The third kappa shape index (κ3) is 5.45. The van der Waals surface area contributed by atoms with E-state index in [1.807, 2.05) is 0 Å². The molecule has 2 aromatic carbocycles. The van der Waals surface area contributed by atoms with Crippen LogP contribution < -0.4 is 0 Å². The van der Waals surface area contributed by atoms with E-state index in [1.165, 1.54) is 24.3 Å². The van der Waals surface area contributed by atoms with Crippen molar-refractivity contribution >= 4 is 115 Å². The van der Waals surface area contributed by atoms with Crippen LogP contribution >= 0.6 is 0 Å². The van der Waals surface area contributed by atoms with Crippen molar-refractivity contribution < 1.29 is 19.8 Å². The number of aromatic carboxylic acids is 2. The van der Waals surface area contributed by atoms with Gasteiger partial charge in [0.25, 0.3) is 0 Å². The molecule has 0 aliphatic carbocycles. The van der Waals surface area contributed by atoms with Crippen LogP contribution in [-0.4, -0.2) is 125 Å². The molecule has 0 radical (unpaired) electrons. The Morgan fingerprint density at radius 3 is 1.05 bits per heavy atom. The molecular formula is C14H12K2O4. The Morgan fingerprint density at radius 2 is 0.850 bits per heavy atom. The SMILES string of the molecule is O=C(O)c1ccc(-c2ccc(C(=O)O)cc2)cc1.[KH].[KH]. The summed E-state index contributed by atoms with van der Waals surface area (Å²) in [5.74, 6) is -1.94. The molecule has 4 nitrogen and oxygen atoms in total. The monoisotopic (exact) mass is 322 g/mol. The van der Waals surface area contributed by atoms with Gasteiger partial charge in [-0.3, -0.25) is 0 Å². The van der Waals surface area contributed by atoms with E-state index < -0.39 is 11.9 Å². The molecule has 0 aliphatic rings. The summed E-state index contributed by atoms with van der Waals surface area (Å²) in [5.41, 5.74) is 2.13. The summed E-state index contributed by atoms with van der Waals surface area (Å²) in [7, 11) is 0. The molecule has 0 unspecified atom stereocenters. The van der Waals surface area contributed by atoms with Crippen LogP contribution in [0, 0.1) is 0 Å². The van der Waals surface area contributed by atoms with Crippen molar-refractivity contribution in [3.05, 3.63) is 59.7 Å². The second-order valence-corrected chi connectivity index (χ2v) is 3.77. The summed E-state index contributed by atoms with van der Waals surface area (Å²) >= 11 is 0. The molecule has 2 N–H and O–H groups in total. The summed E-state index contributed by atoms with van der Waals surface area (Å²) in [6, 6.07) is 12.8. The second kappa shape index (κ2) is 9.63. The Bertz CT molecular complexity index is 536. The fraction of sp³-hybridized carbons (Fsp3) is 0. The number of carboxylic acid groups (broad SMARTS) is 2. The molecule has 0 saturated heterocycles. The molecule has 0 aromatic heterocycles. The van der Waals surface area contributed by atoms with Crippen LogP contribution in [-0.2, 0) is 0 Å². The molecule has 0 amide bonds. The predicted molar refractivity (Wildman–Crippen MR) is 80.1 cm³/mol. The number of hydrogen-bond donors (Lipinski definition) is 2. The van der Waals surface area contributed by atoms with Crippen molar-refractivity contribution in [1.29, 1.82) is 0 Å². The summed E-state index contributed by atoms with van der Waals surface area (Å²) < 4.78 is 0. The van der Waals surface area contributed by atoms with Crippen LogP contribution in [0.2, 0.25) is 0 Å². The molecule has 0 saturated carbocycles. The standard InChI is InChI=1S/C14H10O4.2K.2H/c15-13(16)11-5-1-9(2-6-11)10-3-7-12(8-4-10)14(17)18;;;;/h1-8H,(H,15,16)(H,17,18);;;;. The van der Waals surface area contributed by atoms with Gasteiger partial charge in [-0.1, -0.05) is 24.3 Å². The van der Waals surface area contributed by atoms with Gasteiger partial charge in [0.1, 0.15) is 0 Å². The van der Waals surface area contributed by atoms with Gasteiger partial charge in [0.2, 0.25) is 0 Å². The van der Waals surface area contributed by atoms with Gasteiger partial charge in [-0.2, -0.15) is 0 Å². The van der Waals surface area contributed by atoms with E-state index in [1.54, 1.807) is 24.3 Å². The van der Waals surface area contributed by atoms with Crippen molar-refractivity contribution in [3.8, 4) is 11.1 Å². The average molecular weight is 322 g/mol. The first-order valence-electron chi connectivity index (χ1n) is 5.25. The van der Waals surface area contributed by atoms with E-state index in [-0.39, 0.29) is 114 Å². The first-order valence-corrected chi connectivity index (χ1v) is 5.25. The molecule has 0 aliphatic heterocycles. The normalized spacial score (nSPS) is 9.00. The zero-order valence-electron chi connectivity index (χ0n) is 9.33. The topological polar surface area (TPSA) is 74.6 Å². The number of carbonyl (C=O) groups is 2. The van der Waals surface area contributed by atoms with Crippen molar-refractivity contribution in [2.75, 3.05) is 0 Å². The molecule has 2 rings (SSSR count). The summed E-state index contributed by atoms with van der Waals surface area (Å²) in [5, 5.41) is 17.6. The third-order valence-electron chi connectivity index (χ3n) is 2.60. The fourth-order valence-electron chi connectivity index (χ4n) is 1.61. The summed E-state index contributed by atoms with van der Waals surface area (Å²) in [6.45, 7) is 0. The molecule has 0 spiro atoms. The van der Waals surface area contributed by atoms with Crippen molar-refractivity contribution in [2.24, 2.45) is 0 Å². The number of benzene rings is 2. The van der Waals surface area contributed by atoms with Crippen molar-refractivity contribution in [1.82, 2.24) is 0 Å². The number of hydrogen-bond acceptors (Lipinski definition) is 2. The van der Waals surface area contributed by atoms with E-state index in [0.29, 0.717) is 0 Å². The Kier molecular flexibility index (Phi) is 9.94. The molecule has 2 aromatic rings. The van der Waals surface area contributed by atoms with Crippen LogP contribution in [0.5, 0.6) is 0 Å². The quantitative estimate of drug-likeness (QED) is 0.839. The van der Waals surface area contributed by atoms with Crippen molar-refractivity contribution in [3.63, 3.8) is 0 Å². The van der Waals surface area contributed by atoms with Gasteiger partial charge in [-0.15, -0.1) is 0 Å². The Hall–Kier alpha value is 0.653. The predicted octanol–water partition coefficient (Wildman–Crippen LogP) is 1.45. The number of rotatable bonds is 3. The Labute approximate surface area is 201 Å². The molecule has 20 heavy (non-hydrogen) atoms. The van der Waals surface area contributed by atoms with Crippen LogP contribution in [0.15, 0.2) is 48.5 Å². The van der Waals surface area contributed by atoms with Crippen LogP contribution in [0.4, 0.5) is 0 Å². The van der Waals surface area contributed by atoms with Gasteiger partial charge < -0.3 is 10.2 Å². The average Bonchev–Trinajstić information content (AvgIpc) is 2.39. The van der Waals surface area contributed by atoms with Crippen molar-refractivity contribution in [2.45, 2.75) is 0 Å². The van der Waals surface area contributed by atoms with Crippen LogP contribution in [0.1, 0.15) is 20.7 Å². The van der Waals surface area contributed by atoms with E-state index in [9.17, 15) is 9.59 Å². The van der Waals surface area contributed by atoms with Gasteiger partial charge in [-0.05, 0) is 35.4 Å². The molecule has 0 heterocycles. The molecule has 0 atom stereocenters. The molecule has 6 heteroatoms. The zero-order chi connectivity index (χ0) is 13.1. The Morgan fingerprint density at radius 1 is 0.600 bits per heavy atom. The minimum atomic E-state index is -0.970.